The number of H-pyrrole nitrogens is 1. The number of imidazole rings is 1. The number of methoxy groups -OCH3 is 1. The summed E-state index contributed by atoms with van der Waals surface area (Å²) in [6.45, 7) is 1.02. The largest absolute Gasteiger partial charge is 0.391 e. The van der Waals surface area contributed by atoms with Crippen molar-refractivity contribution in [3.8, 4) is 0 Å². The van der Waals surface area contributed by atoms with E-state index in [9.17, 15) is 5.11 Å². The summed E-state index contributed by atoms with van der Waals surface area (Å²) in [4.78, 5) is 7.54. The van der Waals surface area contributed by atoms with Crippen molar-refractivity contribution in [2.75, 3.05) is 25.6 Å². The summed E-state index contributed by atoms with van der Waals surface area (Å²) in [5, 5.41) is 12.6. The van der Waals surface area contributed by atoms with Crippen LogP contribution in [0, 0.1) is 0 Å². The Labute approximate surface area is 99.8 Å². The summed E-state index contributed by atoms with van der Waals surface area (Å²) in [6.07, 6.45) is 0.196. The fraction of sp³-hybridized carbons (Fsp3) is 0.417. The molecule has 0 radical (unpaired) electrons. The molecule has 0 fully saturated rings. The second-order valence-electron chi connectivity index (χ2n) is 3.93. The van der Waals surface area contributed by atoms with Crippen molar-refractivity contribution in [1.82, 2.24) is 9.97 Å². The standard InChI is InChI=1S/C12H17N3O2/c1-17-8-9(16)6-7-13-12-14-10-4-2-3-5-11(10)15-12/h2-5,9,16H,6-8H2,1H3,(H2,13,14,15). The third kappa shape index (κ3) is 3.18. The monoisotopic (exact) mass is 235 g/mol. The first-order valence-corrected chi connectivity index (χ1v) is 5.65. The molecule has 0 bridgehead atoms. The maximum atomic E-state index is 9.47. The maximum Gasteiger partial charge on any atom is 0.201 e. The Morgan fingerprint density at radius 2 is 2.29 bits per heavy atom. The van der Waals surface area contributed by atoms with E-state index >= 15 is 0 Å². The molecule has 0 aliphatic rings. The van der Waals surface area contributed by atoms with Crippen LogP contribution in [0.25, 0.3) is 11.0 Å². The molecule has 5 heteroatoms. The first-order valence-electron chi connectivity index (χ1n) is 5.65. The highest BCUT2D eigenvalue weighted by Gasteiger charge is 2.04. The summed E-state index contributed by atoms with van der Waals surface area (Å²) in [5.41, 5.74) is 1.94. The number of hydrogen-bond donors (Lipinski definition) is 3. The van der Waals surface area contributed by atoms with E-state index in [1.165, 1.54) is 0 Å². The first-order chi connectivity index (χ1) is 8.29. The summed E-state index contributed by atoms with van der Waals surface area (Å²) < 4.78 is 4.85. The fourth-order valence-electron chi connectivity index (χ4n) is 1.67. The summed E-state index contributed by atoms with van der Waals surface area (Å²) in [5.74, 6) is 0.732. The van der Waals surface area contributed by atoms with E-state index in [1.54, 1.807) is 7.11 Å². The van der Waals surface area contributed by atoms with Gasteiger partial charge in [0.1, 0.15) is 0 Å². The molecular weight excluding hydrogens is 218 g/mol. The van der Waals surface area contributed by atoms with Gasteiger partial charge in [-0.1, -0.05) is 12.1 Å². The average molecular weight is 235 g/mol. The molecule has 1 aromatic carbocycles. The molecule has 92 valence electrons. The predicted molar refractivity (Wildman–Crippen MR) is 67.1 cm³/mol. The highest BCUT2D eigenvalue weighted by molar-refractivity contribution is 5.77. The van der Waals surface area contributed by atoms with Crippen LogP contribution in [-0.2, 0) is 4.74 Å². The van der Waals surface area contributed by atoms with E-state index in [0.717, 1.165) is 17.0 Å². The Bertz CT molecular complexity index is 436. The molecule has 2 rings (SSSR count). The lowest BCUT2D eigenvalue weighted by molar-refractivity contribution is 0.0615. The van der Waals surface area contributed by atoms with Crippen molar-refractivity contribution in [2.45, 2.75) is 12.5 Å². The van der Waals surface area contributed by atoms with Gasteiger partial charge in [0.05, 0.1) is 23.7 Å². The summed E-state index contributed by atoms with van der Waals surface area (Å²) in [6, 6.07) is 7.85. The molecule has 1 atom stereocenters. The second-order valence-corrected chi connectivity index (χ2v) is 3.93. The number of nitrogens with zero attached hydrogens (tertiary/aromatic N) is 1. The van der Waals surface area contributed by atoms with E-state index in [0.29, 0.717) is 19.6 Å². The third-order valence-electron chi connectivity index (χ3n) is 2.52. The smallest absolute Gasteiger partial charge is 0.201 e. The van der Waals surface area contributed by atoms with E-state index in [1.807, 2.05) is 24.3 Å². The number of aromatic amines is 1. The number of benzene rings is 1. The van der Waals surface area contributed by atoms with Gasteiger partial charge in [0.2, 0.25) is 5.95 Å². The van der Waals surface area contributed by atoms with Crippen LogP contribution in [0.4, 0.5) is 5.95 Å². The topological polar surface area (TPSA) is 70.2 Å². The Morgan fingerprint density at radius 3 is 3.06 bits per heavy atom. The van der Waals surface area contributed by atoms with Gasteiger partial charge in [0.15, 0.2) is 0 Å². The molecule has 1 heterocycles. The highest BCUT2D eigenvalue weighted by atomic mass is 16.5. The molecule has 0 aliphatic heterocycles. The van der Waals surface area contributed by atoms with E-state index in [4.69, 9.17) is 4.74 Å². The lowest BCUT2D eigenvalue weighted by Crippen LogP contribution is -2.18. The quantitative estimate of drug-likeness (QED) is 0.707. The van der Waals surface area contributed by atoms with Gasteiger partial charge in [-0.3, -0.25) is 0 Å². The number of anilines is 1. The first kappa shape index (κ1) is 11.9. The van der Waals surface area contributed by atoms with Gasteiger partial charge in [0.25, 0.3) is 0 Å². The number of fused-ring (bicyclic) bond motifs is 1. The lowest BCUT2D eigenvalue weighted by Gasteiger charge is -2.09. The van der Waals surface area contributed by atoms with Crippen molar-refractivity contribution >= 4 is 17.0 Å². The average Bonchev–Trinajstić information content (AvgIpc) is 2.71. The van der Waals surface area contributed by atoms with Gasteiger partial charge >= 0.3 is 0 Å². The van der Waals surface area contributed by atoms with Gasteiger partial charge in [0, 0.05) is 13.7 Å². The molecule has 0 saturated carbocycles. The van der Waals surface area contributed by atoms with Crippen LogP contribution >= 0.6 is 0 Å². The minimum Gasteiger partial charge on any atom is -0.391 e. The van der Waals surface area contributed by atoms with Gasteiger partial charge in [-0.05, 0) is 18.6 Å². The maximum absolute atomic E-state index is 9.47. The zero-order valence-corrected chi connectivity index (χ0v) is 9.81. The van der Waals surface area contributed by atoms with E-state index in [-0.39, 0.29) is 0 Å². The second kappa shape index (κ2) is 5.65. The highest BCUT2D eigenvalue weighted by Crippen LogP contribution is 2.13. The molecule has 0 aliphatic carbocycles. The SMILES string of the molecule is COCC(O)CCNc1nc2ccccc2[nH]1. The number of hydrogen-bond acceptors (Lipinski definition) is 4. The van der Waals surface area contributed by atoms with Gasteiger partial charge < -0.3 is 20.1 Å². The van der Waals surface area contributed by atoms with E-state index in [2.05, 4.69) is 15.3 Å². The van der Waals surface area contributed by atoms with Crippen LogP contribution in [0.3, 0.4) is 0 Å². The van der Waals surface area contributed by atoms with Gasteiger partial charge in [-0.15, -0.1) is 0 Å². The normalized spacial score (nSPS) is 12.8. The van der Waals surface area contributed by atoms with Crippen LogP contribution < -0.4 is 5.32 Å². The molecule has 3 N–H and O–H groups in total. The van der Waals surface area contributed by atoms with Gasteiger partial charge in [-0.25, -0.2) is 4.98 Å². The number of ether oxygens (including phenoxy) is 1. The molecule has 0 saturated heterocycles. The van der Waals surface area contributed by atoms with Crippen molar-refractivity contribution in [3.63, 3.8) is 0 Å². The molecule has 2 aromatic rings. The predicted octanol–water partition coefficient (Wildman–Crippen LogP) is 1.37. The van der Waals surface area contributed by atoms with Crippen molar-refractivity contribution in [2.24, 2.45) is 0 Å². The number of nitrogens with one attached hydrogen (secondary N) is 2. The van der Waals surface area contributed by atoms with Crippen molar-refractivity contribution in [3.05, 3.63) is 24.3 Å². The van der Waals surface area contributed by atoms with Crippen LogP contribution in [0.1, 0.15) is 6.42 Å². The summed E-state index contributed by atoms with van der Waals surface area (Å²) in [7, 11) is 1.58. The zero-order valence-electron chi connectivity index (χ0n) is 9.81. The minimum absolute atomic E-state index is 0.363. The molecule has 17 heavy (non-hydrogen) atoms. The molecule has 1 aromatic heterocycles. The van der Waals surface area contributed by atoms with Gasteiger partial charge in [-0.2, -0.15) is 0 Å². The molecule has 1 unspecified atom stereocenters. The molecule has 5 nitrogen and oxygen atoms in total. The van der Waals surface area contributed by atoms with Crippen LogP contribution in [0.2, 0.25) is 0 Å². The number of aromatic nitrogens is 2. The van der Waals surface area contributed by atoms with Crippen LogP contribution in [-0.4, -0.2) is 41.4 Å². The Kier molecular flexibility index (Phi) is 3.95. The number of aliphatic hydroxyl groups is 1. The Hall–Kier alpha value is -1.59. The number of para-hydroxylation sites is 2. The van der Waals surface area contributed by atoms with Crippen molar-refractivity contribution in [1.29, 1.82) is 0 Å². The Balaban J connectivity index is 1.86. The molecule has 0 amide bonds. The number of rotatable bonds is 6. The van der Waals surface area contributed by atoms with Crippen LogP contribution in [0.5, 0.6) is 0 Å². The summed E-state index contributed by atoms with van der Waals surface area (Å²) >= 11 is 0. The molecular formula is C12H17N3O2. The Morgan fingerprint density at radius 1 is 1.47 bits per heavy atom. The zero-order chi connectivity index (χ0) is 12.1. The number of aliphatic hydroxyl groups excluding tert-OH is 1. The van der Waals surface area contributed by atoms with Crippen molar-refractivity contribution < 1.29 is 9.84 Å². The molecule has 0 spiro atoms. The third-order valence-corrected chi connectivity index (χ3v) is 2.52. The fourth-order valence-corrected chi connectivity index (χ4v) is 1.67. The van der Waals surface area contributed by atoms with E-state index < -0.39 is 6.10 Å². The lowest BCUT2D eigenvalue weighted by atomic mass is 10.3. The van der Waals surface area contributed by atoms with Crippen LogP contribution in [0.15, 0.2) is 24.3 Å². The minimum atomic E-state index is -0.433.